The normalized spacial score (nSPS) is 12.6. The lowest BCUT2D eigenvalue weighted by atomic mass is 10.0. The van der Waals surface area contributed by atoms with Gasteiger partial charge in [0.15, 0.2) is 0 Å². The molecule has 0 fully saturated rings. The zero-order valence-electron chi connectivity index (χ0n) is 19.1. The van der Waals surface area contributed by atoms with E-state index >= 15 is 0 Å². The third kappa shape index (κ3) is 8.77. The number of esters is 2. The molecule has 0 bridgehead atoms. The van der Waals surface area contributed by atoms with Crippen LogP contribution in [-0.2, 0) is 19.1 Å². The molecule has 0 aliphatic carbocycles. The maximum absolute atomic E-state index is 11.6. The molecule has 1 atom stereocenters. The van der Waals surface area contributed by atoms with Crippen molar-refractivity contribution in [3.05, 3.63) is 17.9 Å². The molecule has 6 heteroatoms. The fourth-order valence-corrected chi connectivity index (χ4v) is 7.25. The Labute approximate surface area is 177 Å². The average molecular weight is 425 g/mol. The minimum absolute atomic E-state index is 0.208. The van der Waals surface area contributed by atoms with E-state index in [9.17, 15) is 9.59 Å². The van der Waals surface area contributed by atoms with Gasteiger partial charge in [-0.2, -0.15) is 0 Å². The molecule has 0 radical (unpaired) electrons. The molecule has 166 valence electrons. The van der Waals surface area contributed by atoms with Crippen LogP contribution in [0.25, 0.3) is 0 Å². The van der Waals surface area contributed by atoms with Gasteiger partial charge < -0.3 is 13.9 Å². The summed E-state index contributed by atoms with van der Waals surface area (Å²) >= 11 is 0. The summed E-state index contributed by atoms with van der Waals surface area (Å²) in [6.45, 7) is 10.2. The number of ether oxygens (including phenoxy) is 2. The third-order valence-electron chi connectivity index (χ3n) is 6.02. The first-order valence-corrected chi connectivity index (χ1v) is 13.9. The fraction of sp³-hybridized carbons (Fsp3) is 0.739. The van der Waals surface area contributed by atoms with Crippen LogP contribution in [0.4, 0.5) is 0 Å². The Balaban J connectivity index is 2.51. The molecule has 1 aromatic heterocycles. The molecule has 0 saturated heterocycles. The summed E-state index contributed by atoms with van der Waals surface area (Å²) in [5.74, 6) is -0.450. The van der Waals surface area contributed by atoms with E-state index in [1.54, 1.807) is 6.26 Å². The summed E-state index contributed by atoms with van der Waals surface area (Å²) in [7, 11) is -1.56. The Kier molecular flexibility index (Phi) is 12.0. The highest BCUT2D eigenvalue weighted by Gasteiger charge is 2.33. The van der Waals surface area contributed by atoms with Crippen LogP contribution in [0.15, 0.2) is 16.7 Å². The highest BCUT2D eigenvalue weighted by atomic mass is 28.3. The Morgan fingerprint density at radius 3 is 2.07 bits per heavy atom. The number of carbonyl (C=O) groups excluding carboxylic acids is 2. The summed E-state index contributed by atoms with van der Waals surface area (Å²) in [4.78, 5) is 22.3. The van der Waals surface area contributed by atoms with E-state index < -0.39 is 8.07 Å². The highest BCUT2D eigenvalue weighted by Crippen LogP contribution is 2.28. The van der Waals surface area contributed by atoms with Crippen molar-refractivity contribution in [2.24, 2.45) is 0 Å². The van der Waals surface area contributed by atoms with Crippen LogP contribution in [0.2, 0.25) is 18.1 Å². The van der Waals surface area contributed by atoms with Crippen LogP contribution in [0.3, 0.4) is 0 Å². The topological polar surface area (TPSA) is 65.7 Å². The van der Waals surface area contributed by atoms with Crippen LogP contribution < -0.4 is 5.38 Å². The second-order valence-corrected chi connectivity index (χ2v) is 13.1. The van der Waals surface area contributed by atoms with Gasteiger partial charge in [0.05, 0.1) is 18.3 Å². The van der Waals surface area contributed by atoms with E-state index in [0.29, 0.717) is 6.61 Å². The summed E-state index contributed by atoms with van der Waals surface area (Å²) in [5, 5.41) is 1.14. The maximum atomic E-state index is 11.6. The van der Waals surface area contributed by atoms with Gasteiger partial charge in [0.2, 0.25) is 0 Å². The van der Waals surface area contributed by atoms with E-state index in [1.165, 1.54) is 32.0 Å². The second-order valence-electron chi connectivity index (χ2n) is 7.93. The van der Waals surface area contributed by atoms with E-state index in [1.807, 2.05) is 0 Å². The number of unbranched alkanes of at least 4 members (excludes halogenated alkanes) is 5. The minimum Gasteiger partial charge on any atom is -0.474 e. The standard InChI is InChI=1S/C23H40O5Si/c1-6-29(7-2,8-3)23-17-21(18-27-23)22(28-20(5)25)15-13-11-9-10-12-14-16-26-19(4)24/h17-18,22H,6-16H2,1-5H3. The molecule has 0 spiro atoms. The summed E-state index contributed by atoms with van der Waals surface area (Å²) in [6.07, 6.45) is 8.80. The third-order valence-corrected chi connectivity index (χ3v) is 11.4. The van der Waals surface area contributed by atoms with Crippen LogP contribution in [-0.4, -0.2) is 26.6 Å². The maximum Gasteiger partial charge on any atom is 0.303 e. The van der Waals surface area contributed by atoms with Gasteiger partial charge in [-0.25, -0.2) is 0 Å². The lowest BCUT2D eigenvalue weighted by molar-refractivity contribution is -0.147. The predicted molar refractivity (Wildman–Crippen MR) is 119 cm³/mol. The second kappa shape index (κ2) is 13.6. The first-order chi connectivity index (χ1) is 13.9. The van der Waals surface area contributed by atoms with E-state index in [2.05, 4.69) is 26.8 Å². The summed E-state index contributed by atoms with van der Waals surface area (Å²) in [6, 6.07) is 5.67. The zero-order valence-corrected chi connectivity index (χ0v) is 20.1. The van der Waals surface area contributed by atoms with E-state index in [-0.39, 0.29) is 18.0 Å². The molecule has 0 aliphatic heterocycles. The van der Waals surface area contributed by atoms with Crippen molar-refractivity contribution in [3.63, 3.8) is 0 Å². The molecule has 29 heavy (non-hydrogen) atoms. The zero-order chi connectivity index (χ0) is 21.7. The van der Waals surface area contributed by atoms with E-state index in [0.717, 1.165) is 55.9 Å². The van der Waals surface area contributed by atoms with Crippen molar-refractivity contribution in [1.29, 1.82) is 0 Å². The lowest BCUT2D eigenvalue weighted by Crippen LogP contribution is -2.44. The van der Waals surface area contributed by atoms with Gasteiger partial charge in [0.1, 0.15) is 14.2 Å². The van der Waals surface area contributed by atoms with Gasteiger partial charge in [0.25, 0.3) is 0 Å². The number of furan rings is 1. The number of carbonyl (C=O) groups is 2. The summed E-state index contributed by atoms with van der Waals surface area (Å²) < 4.78 is 16.6. The molecular formula is C23H40O5Si. The molecule has 0 amide bonds. The largest absolute Gasteiger partial charge is 0.474 e. The predicted octanol–water partition coefficient (Wildman–Crippen LogP) is 5.89. The molecule has 5 nitrogen and oxygen atoms in total. The fourth-order valence-electron chi connectivity index (χ4n) is 3.92. The van der Waals surface area contributed by atoms with Crippen LogP contribution in [0.5, 0.6) is 0 Å². The lowest BCUT2D eigenvalue weighted by Gasteiger charge is -2.24. The molecule has 1 unspecified atom stereocenters. The first-order valence-electron chi connectivity index (χ1n) is 11.3. The van der Waals surface area contributed by atoms with Gasteiger partial charge in [-0.1, -0.05) is 64.6 Å². The van der Waals surface area contributed by atoms with E-state index in [4.69, 9.17) is 13.9 Å². The van der Waals surface area contributed by atoms with Crippen molar-refractivity contribution in [2.45, 2.75) is 104 Å². The SMILES string of the molecule is CC[Si](CC)(CC)c1cc(C(CCCCCCCCOC(C)=O)OC(C)=O)co1. The van der Waals surface area contributed by atoms with Crippen LogP contribution >= 0.6 is 0 Å². The van der Waals surface area contributed by atoms with Crippen molar-refractivity contribution in [1.82, 2.24) is 0 Å². The Morgan fingerprint density at radius 1 is 0.931 bits per heavy atom. The minimum atomic E-state index is -1.56. The Bertz CT molecular complexity index is 598. The molecular weight excluding hydrogens is 384 g/mol. The molecule has 1 heterocycles. The van der Waals surface area contributed by atoms with Gasteiger partial charge in [-0.15, -0.1) is 0 Å². The number of hydrogen-bond acceptors (Lipinski definition) is 5. The van der Waals surface area contributed by atoms with Crippen LogP contribution in [0.1, 0.15) is 91.2 Å². The van der Waals surface area contributed by atoms with Crippen molar-refractivity contribution in [2.75, 3.05) is 6.61 Å². The molecule has 1 rings (SSSR count). The summed E-state index contributed by atoms with van der Waals surface area (Å²) in [5.41, 5.74) is 1.00. The highest BCUT2D eigenvalue weighted by molar-refractivity contribution is 6.90. The quantitative estimate of drug-likeness (QED) is 0.199. The van der Waals surface area contributed by atoms with Crippen molar-refractivity contribution >= 4 is 25.4 Å². The number of rotatable bonds is 15. The van der Waals surface area contributed by atoms with Crippen molar-refractivity contribution in [3.8, 4) is 0 Å². The molecule has 0 saturated carbocycles. The van der Waals surface area contributed by atoms with Gasteiger partial charge in [-0.05, 0) is 25.3 Å². The van der Waals surface area contributed by atoms with Gasteiger partial charge in [-0.3, -0.25) is 9.59 Å². The van der Waals surface area contributed by atoms with Crippen LogP contribution in [0, 0.1) is 0 Å². The Hall–Kier alpha value is -1.56. The molecule has 0 aromatic carbocycles. The Morgan fingerprint density at radius 2 is 1.52 bits per heavy atom. The first kappa shape index (κ1) is 25.5. The van der Waals surface area contributed by atoms with Gasteiger partial charge >= 0.3 is 11.9 Å². The molecule has 0 aliphatic rings. The molecule has 1 aromatic rings. The number of hydrogen-bond donors (Lipinski definition) is 0. The smallest absolute Gasteiger partial charge is 0.303 e. The van der Waals surface area contributed by atoms with Gasteiger partial charge in [0, 0.05) is 19.4 Å². The monoisotopic (exact) mass is 424 g/mol. The van der Waals surface area contributed by atoms with Crippen molar-refractivity contribution < 1.29 is 23.5 Å². The average Bonchev–Trinajstić information content (AvgIpc) is 3.17. The molecule has 0 N–H and O–H groups in total.